The quantitative estimate of drug-likeness (QED) is 0.319. The summed E-state index contributed by atoms with van der Waals surface area (Å²) in [5, 5.41) is 0. The van der Waals surface area contributed by atoms with Crippen LogP contribution in [0, 0.1) is 33.5 Å². The summed E-state index contributed by atoms with van der Waals surface area (Å²) in [4.78, 5) is 26.8. The lowest BCUT2D eigenvalue weighted by Gasteiger charge is -2.37. The molecule has 0 N–H and O–H groups in total. The van der Waals surface area contributed by atoms with Crippen molar-refractivity contribution in [1.82, 2.24) is 0 Å². The second kappa shape index (κ2) is 6.59. The minimum absolute atomic E-state index is 0.0585. The number of ether oxygens (including phenoxy) is 2. The van der Waals surface area contributed by atoms with Gasteiger partial charge in [0.05, 0.1) is 10.8 Å². The standard InChI is InChI=1S/C28H34O4/c1-17-25(3,4)19-11-13-27(17,15-19)23(29)31-21-9-7-8-10-22(21)32-24(30)28-14-12-20(16-28)26(5,6)18(28)2/h7-10,19-20H,1-2,11-16H2,3-6H3. The van der Waals surface area contributed by atoms with E-state index in [4.69, 9.17) is 9.47 Å². The molecule has 32 heavy (non-hydrogen) atoms. The van der Waals surface area contributed by atoms with Crippen LogP contribution in [0.1, 0.15) is 66.2 Å². The molecule has 4 atom stereocenters. The van der Waals surface area contributed by atoms with Gasteiger partial charge in [0.25, 0.3) is 0 Å². The van der Waals surface area contributed by atoms with E-state index in [1.54, 1.807) is 24.3 Å². The van der Waals surface area contributed by atoms with Crippen LogP contribution in [0.25, 0.3) is 0 Å². The number of esters is 2. The maximum atomic E-state index is 13.4. The molecule has 1 aromatic rings. The molecule has 0 radical (unpaired) electrons. The van der Waals surface area contributed by atoms with E-state index >= 15 is 0 Å². The first-order valence-electron chi connectivity index (χ1n) is 11.9. The lowest BCUT2D eigenvalue weighted by atomic mass is 9.68. The molecule has 170 valence electrons. The van der Waals surface area contributed by atoms with Crippen LogP contribution in [0.3, 0.4) is 0 Å². The van der Waals surface area contributed by atoms with Crippen molar-refractivity contribution in [2.45, 2.75) is 66.2 Å². The highest BCUT2D eigenvalue weighted by atomic mass is 16.6. The van der Waals surface area contributed by atoms with Gasteiger partial charge >= 0.3 is 11.9 Å². The van der Waals surface area contributed by atoms with Gasteiger partial charge in [0.15, 0.2) is 11.5 Å². The summed E-state index contributed by atoms with van der Waals surface area (Å²) in [6.07, 6.45) is 5.16. The molecular weight excluding hydrogens is 400 g/mol. The van der Waals surface area contributed by atoms with E-state index in [1.807, 2.05) is 0 Å². The Bertz CT molecular complexity index is 964. The molecule has 0 aliphatic heterocycles. The van der Waals surface area contributed by atoms with Crippen LogP contribution < -0.4 is 9.47 Å². The summed E-state index contributed by atoms with van der Waals surface area (Å²) >= 11 is 0. The molecule has 0 heterocycles. The Morgan fingerprint density at radius 2 is 1.16 bits per heavy atom. The highest BCUT2D eigenvalue weighted by Crippen LogP contribution is 2.67. The fraction of sp³-hybridized carbons (Fsp3) is 0.571. The Morgan fingerprint density at radius 1 is 0.781 bits per heavy atom. The fourth-order valence-electron chi connectivity index (χ4n) is 7.23. The minimum atomic E-state index is -0.633. The lowest BCUT2D eigenvalue weighted by molar-refractivity contribution is -0.146. The topological polar surface area (TPSA) is 52.6 Å². The van der Waals surface area contributed by atoms with E-state index < -0.39 is 10.8 Å². The van der Waals surface area contributed by atoms with Crippen LogP contribution >= 0.6 is 0 Å². The molecule has 4 heteroatoms. The Balaban J connectivity index is 1.38. The van der Waals surface area contributed by atoms with Gasteiger partial charge in [0.1, 0.15) is 0 Å². The SMILES string of the molecule is C=C1C2(C(=O)Oc3ccccc3OC(=O)C34CCC(C3)C(C)(C)C4=C)CCC(C2)C1(C)C. The van der Waals surface area contributed by atoms with E-state index in [0.29, 0.717) is 23.3 Å². The molecule has 5 rings (SSSR count). The molecule has 0 amide bonds. The van der Waals surface area contributed by atoms with E-state index in [9.17, 15) is 9.59 Å². The predicted molar refractivity (Wildman–Crippen MR) is 123 cm³/mol. The van der Waals surface area contributed by atoms with Crippen molar-refractivity contribution in [2.75, 3.05) is 0 Å². The summed E-state index contributed by atoms with van der Waals surface area (Å²) in [6.45, 7) is 17.3. The Morgan fingerprint density at radius 3 is 1.47 bits per heavy atom. The Hall–Kier alpha value is -2.36. The van der Waals surface area contributed by atoms with Gasteiger partial charge in [-0.3, -0.25) is 9.59 Å². The third-order valence-electron chi connectivity index (χ3n) is 9.82. The fourth-order valence-corrected chi connectivity index (χ4v) is 7.23. The monoisotopic (exact) mass is 434 g/mol. The van der Waals surface area contributed by atoms with E-state index in [2.05, 4.69) is 40.9 Å². The van der Waals surface area contributed by atoms with Crippen molar-refractivity contribution in [3.63, 3.8) is 0 Å². The van der Waals surface area contributed by atoms with Crippen molar-refractivity contribution in [2.24, 2.45) is 33.5 Å². The molecule has 0 saturated heterocycles. The zero-order chi connectivity index (χ0) is 23.1. The molecule has 4 unspecified atom stereocenters. The number of hydrogen-bond donors (Lipinski definition) is 0. The molecular formula is C28H34O4. The number of fused-ring (bicyclic) bond motifs is 4. The van der Waals surface area contributed by atoms with Gasteiger partial charge in [0, 0.05) is 0 Å². The maximum Gasteiger partial charge on any atom is 0.321 e. The first-order chi connectivity index (χ1) is 14.9. The zero-order valence-corrected chi connectivity index (χ0v) is 19.8. The zero-order valence-electron chi connectivity index (χ0n) is 19.8. The number of hydrogen-bond acceptors (Lipinski definition) is 4. The van der Waals surface area contributed by atoms with Crippen LogP contribution in [0.2, 0.25) is 0 Å². The van der Waals surface area contributed by atoms with Crippen molar-refractivity contribution >= 4 is 11.9 Å². The van der Waals surface area contributed by atoms with Crippen molar-refractivity contribution in [3.8, 4) is 11.5 Å². The first kappa shape index (κ1) is 21.5. The molecule has 0 aromatic heterocycles. The van der Waals surface area contributed by atoms with Crippen molar-refractivity contribution in [1.29, 1.82) is 0 Å². The van der Waals surface area contributed by atoms with Crippen LogP contribution in [0.4, 0.5) is 0 Å². The average molecular weight is 435 g/mol. The summed E-state index contributed by atoms with van der Waals surface area (Å²) < 4.78 is 11.8. The number of carbonyl (C=O) groups excluding carboxylic acids is 2. The smallest absolute Gasteiger partial charge is 0.321 e. The van der Waals surface area contributed by atoms with E-state index in [1.165, 1.54) is 0 Å². The Labute approximate surface area is 191 Å². The van der Waals surface area contributed by atoms with Gasteiger partial charge in [-0.2, -0.15) is 0 Å². The molecule has 1 aromatic carbocycles. The van der Waals surface area contributed by atoms with E-state index in [0.717, 1.165) is 49.7 Å². The highest BCUT2D eigenvalue weighted by molar-refractivity contribution is 5.87. The van der Waals surface area contributed by atoms with Crippen LogP contribution in [0.15, 0.2) is 48.6 Å². The molecule has 0 spiro atoms. The van der Waals surface area contributed by atoms with Gasteiger partial charge < -0.3 is 9.47 Å². The maximum absolute atomic E-state index is 13.4. The van der Waals surface area contributed by atoms with Gasteiger partial charge in [-0.05, 0) is 73.3 Å². The summed E-state index contributed by atoms with van der Waals surface area (Å²) in [7, 11) is 0. The average Bonchev–Trinajstić information content (AvgIpc) is 3.47. The third kappa shape index (κ3) is 2.61. The van der Waals surface area contributed by atoms with Crippen molar-refractivity contribution in [3.05, 3.63) is 48.6 Å². The number of benzene rings is 1. The predicted octanol–water partition coefficient (Wildman–Crippen LogP) is 6.26. The molecule has 4 aliphatic carbocycles. The summed E-state index contributed by atoms with van der Waals surface area (Å²) in [5.41, 5.74) is 0.564. The van der Waals surface area contributed by atoms with Gasteiger partial charge in [-0.1, -0.05) is 64.1 Å². The second-order valence-electron chi connectivity index (χ2n) is 11.7. The summed E-state index contributed by atoms with van der Waals surface area (Å²) in [5.74, 6) is 0.975. The molecule has 4 bridgehead atoms. The number of carbonyl (C=O) groups is 2. The second-order valence-corrected chi connectivity index (χ2v) is 11.7. The molecule has 4 aliphatic rings. The van der Waals surface area contributed by atoms with E-state index in [-0.39, 0.29) is 22.8 Å². The first-order valence-corrected chi connectivity index (χ1v) is 11.9. The summed E-state index contributed by atoms with van der Waals surface area (Å²) in [6, 6.07) is 7.00. The van der Waals surface area contributed by atoms with Crippen LogP contribution in [-0.4, -0.2) is 11.9 Å². The number of rotatable bonds is 4. The third-order valence-corrected chi connectivity index (χ3v) is 9.82. The Kier molecular flexibility index (Phi) is 4.42. The largest absolute Gasteiger partial charge is 0.422 e. The molecule has 4 fully saturated rings. The van der Waals surface area contributed by atoms with Crippen molar-refractivity contribution < 1.29 is 19.1 Å². The minimum Gasteiger partial charge on any atom is -0.422 e. The number of para-hydroxylation sites is 2. The molecule has 4 saturated carbocycles. The molecule has 4 nitrogen and oxygen atoms in total. The normalized spacial score (nSPS) is 35.9. The van der Waals surface area contributed by atoms with Gasteiger partial charge in [0.2, 0.25) is 0 Å². The highest BCUT2D eigenvalue weighted by Gasteiger charge is 2.63. The van der Waals surface area contributed by atoms with Gasteiger partial charge in [-0.15, -0.1) is 0 Å². The van der Waals surface area contributed by atoms with Gasteiger partial charge in [-0.25, -0.2) is 0 Å². The van der Waals surface area contributed by atoms with Crippen LogP contribution in [-0.2, 0) is 9.59 Å². The van der Waals surface area contributed by atoms with Crippen LogP contribution in [0.5, 0.6) is 11.5 Å². The lowest BCUT2D eigenvalue weighted by Crippen LogP contribution is -2.37.